The van der Waals surface area contributed by atoms with Crippen LogP contribution in [-0.2, 0) is 19.1 Å². The molecule has 0 spiro atoms. The van der Waals surface area contributed by atoms with Crippen LogP contribution in [0.2, 0.25) is 0 Å². The average molecular weight is 526 g/mol. The Morgan fingerprint density at radius 3 is 2.62 bits per heavy atom. The van der Waals surface area contributed by atoms with Crippen molar-refractivity contribution in [1.29, 1.82) is 0 Å². The molecule has 11 heteroatoms. The third kappa shape index (κ3) is 6.69. The molecule has 10 nitrogen and oxygen atoms in total. The van der Waals surface area contributed by atoms with Gasteiger partial charge >= 0.3 is 0 Å². The number of anilines is 1. The molecular weight excluding hydrogens is 498 g/mol. The molecule has 0 unspecified atom stereocenters. The Kier molecular flexibility index (Phi) is 8.47. The lowest BCUT2D eigenvalue weighted by molar-refractivity contribution is -0.137. The van der Waals surface area contributed by atoms with E-state index in [4.69, 9.17) is 14.2 Å². The van der Waals surface area contributed by atoms with E-state index in [0.717, 1.165) is 22.2 Å². The third-order valence-corrected chi connectivity index (χ3v) is 6.58. The predicted molar refractivity (Wildman–Crippen MR) is 138 cm³/mol. The molecule has 0 saturated carbocycles. The van der Waals surface area contributed by atoms with Gasteiger partial charge < -0.3 is 24.4 Å². The number of imide groups is 1. The zero-order chi connectivity index (χ0) is 26.4. The van der Waals surface area contributed by atoms with Gasteiger partial charge in [0.05, 0.1) is 25.2 Å². The summed E-state index contributed by atoms with van der Waals surface area (Å²) >= 11 is 0.761. The van der Waals surface area contributed by atoms with E-state index in [1.54, 1.807) is 47.4 Å². The lowest BCUT2D eigenvalue weighted by atomic mass is 10.2. The van der Waals surface area contributed by atoms with E-state index in [9.17, 15) is 19.2 Å². The number of aryl methyl sites for hydroxylation is 1. The second-order valence-corrected chi connectivity index (χ2v) is 9.37. The van der Waals surface area contributed by atoms with Crippen molar-refractivity contribution in [2.75, 3.05) is 51.9 Å². The van der Waals surface area contributed by atoms with Crippen molar-refractivity contribution in [2.24, 2.45) is 0 Å². The maximum absolute atomic E-state index is 12.8. The summed E-state index contributed by atoms with van der Waals surface area (Å²) in [5.41, 5.74) is 2.16. The molecule has 2 heterocycles. The van der Waals surface area contributed by atoms with Crippen molar-refractivity contribution in [3.63, 3.8) is 0 Å². The van der Waals surface area contributed by atoms with Crippen molar-refractivity contribution in [3.05, 3.63) is 58.5 Å². The van der Waals surface area contributed by atoms with E-state index < -0.39 is 17.1 Å². The van der Waals surface area contributed by atoms with Gasteiger partial charge in [0.15, 0.2) is 18.1 Å². The maximum atomic E-state index is 12.8. The fraction of sp³-hybridized carbons (Fsp3) is 0.308. The molecule has 1 N–H and O–H groups in total. The standard InChI is InChI=1S/C26H27N3O7S/c1-17-4-3-5-19(12-17)27-23(30)15-29-25(32)22(37-26(29)33)14-18-6-7-20(21(13-18)34-2)36-16-24(31)28-8-10-35-11-9-28/h3-7,12-14H,8-11,15-16H2,1-2H3,(H,27,30)/b22-14-. The summed E-state index contributed by atoms with van der Waals surface area (Å²) in [4.78, 5) is 52.8. The van der Waals surface area contributed by atoms with Crippen molar-refractivity contribution in [2.45, 2.75) is 6.92 Å². The molecule has 2 aromatic carbocycles. The number of carbonyl (C=O) groups is 4. The lowest BCUT2D eigenvalue weighted by Gasteiger charge is -2.26. The summed E-state index contributed by atoms with van der Waals surface area (Å²) in [6.07, 6.45) is 1.55. The van der Waals surface area contributed by atoms with Crippen LogP contribution in [0.5, 0.6) is 11.5 Å². The highest BCUT2D eigenvalue weighted by Crippen LogP contribution is 2.34. The first-order valence-electron chi connectivity index (χ1n) is 11.6. The summed E-state index contributed by atoms with van der Waals surface area (Å²) < 4.78 is 16.3. The zero-order valence-corrected chi connectivity index (χ0v) is 21.3. The van der Waals surface area contributed by atoms with Crippen molar-refractivity contribution in [3.8, 4) is 11.5 Å². The summed E-state index contributed by atoms with van der Waals surface area (Å²) in [6, 6.07) is 12.2. The van der Waals surface area contributed by atoms with Crippen LogP contribution in [0, 0.1) is 6.92 Å². The number of methoxy groups -OCH3 is 1. The molecule has 0 atom stereocenters. The van der Waals surface area contributed by atoms with Gasteiger partial charge in [-0.05, 0) is 60.2 Å². The van der Waals surface area contributed by atoms with Crippen LogP contribution in [0.4, 0.5) is 10.5 Å². The van der Waals surface area contributed by atoms with Crippen molar-refractivity contribution < 1.29 is 33.4 Å². The van der Waals surface area contributed by atoms with Crippen LogP contribution in [0.3, 0.4) is 0 Å². The van der Waals surface area contributed by atoms with Crippen molar-refractivity contribution in [1.82, 2.24) is 9.80 Å². The van der Waals surface area contributed by atoms with Crippen LogP contribution in [0.25, 0.3) is 6.08 Å². The van der Waals surface area contributed by atoms with E-state index in [1.807, 2.05) is 13.0 Å². The lowest BCUT2D eigenvalue weighted by Crippen LogP contribution is -2.43. The van der Waals surface area contributed by atoms with Gasteiger partial charge in [0.1, 0.15) is 6.54 Å². The van der Waals surface area contributed by atoms with Crippen LogP contribution in [0.1, 0.15) is 11.1 Å². The van der Waals surface area contributed by atoms with E-state index in [0.29, 0.717) is 49.1 Å². The molecule has 0 aromatic heterocycles. The SMILES string of the molecule is COc1cc(/C=C2\SC(=O)N(CC(=O)Nc3cccc(C)c3)C2=O)ccc1OCC(=O)N1CCOCC1. The molecule has 0 bridgehead atoms. The second kappa shape index (κ2) is 11.9. The van der Waals surface area contributed by atoms with Gasteiger partial charge in [-0.1, -0.05) is 18.2 Å². The largest absolute Gasteiger partial charge is 0.493 e. The quantitative estimate of drug-likeness (QED) is 0.524. The first kappa shape index (κ1) is 26.2. The van der Waals surface area contributed by atoms with E-state index >= 15 is 0 Å². The Bertz CT molecular complexity index is 1240. The maximum Gasteiger partial charge on any atom is 0.294 e. The topological polar surface area (TPSA) is 114 Å². The zero-order valence-electron chi connectivity index (χ0n) is 20.5. The molecule has 37 heavy (non-hydrogen) atoms. The average Bonchev–Trinajstić information content (AvgIpc) is 3.15. The monoisotopic (exact) mass is 525 g/mol. The Balaban J connectivity index is 1.39. The number of carbonyl (C=O) groups excluding carboxylic acids is 4. The fourth-order valence-electron chi connectivity index (χ4n) is 3.79. The molecule has 2 fully saturated rings. The molecular formula is C26H27N3O7S. The number of hydrogen-bond donors (Lipinski definition) is 1. The number of hydrogen-bond acceptors (Lipinski definition) is 8. The Hall–Kier alpha value is -3.83. The third-order valence-electron chi connectivity index (χ3n) is 5.68. The minimum Gasteiger partial charge on any atom is -0.493 e. The number of benzene rings is 2. The molecule has 4 rings (SSSR count). The molecule has 2 saturated heterocycles. The minimum atomic E-state index is -0.551. The molecule has 2 aromatic rings. The van der Waals surface area contributed by atoms with Gasteiger partial charge in [0.2, 0.25) is 5.91 Å². The van der Waals surface area contributed by atoms with Crippen LogP contribution in [0.15, 0.2) is 47.4 Å². The van der Waals surface area contributed by atoms with Crippen LogP contribution in [-0.4, -0.2) is 79.3 Å². The fourth-order valence-corrected chi connectivity index (χ4v) is 4.63. The minimum absolute atomic E-state index is 0.140. The van der Waals surface area contributed by atoms with Crippen LogP contribution >= 0.6 is 11.8 Å². The molecule has 194 valence electrons. The number of morpholine rings is 1. The number of nitrogens with one attached hydrogen (secondary N) is 1. The normalized spacial score (nSPS) is 16.8. The molecule has 0 radical (unpaired) electrons. The van der Waals surface area contributed by atoms with Gasteiger partial charge in [-0.15, -0.1) is 0 Å². The Morgan fingerprint density at radius 2 is 1.89 bits per heavy atom. The van der Waals surface area contributed by atoms with Crippen molar-refractivity contribution >= 4 is 46.5 Å². The highest BCUT2D eigenvalue weighted by atomic mass is 32.2. The molecule has 2 aliphatic heterocycles. The van der Waals surface area contributed by atoms with E-state index in [1.165, 1.54) is 7.11 Å². The number of ether oxygens (including phenoxy) is 3. The molecule has 2 aliphatic rings. The Morgan fingerprint density at radius 1 is 1.11 bits per heavy atom. The predicted octanol–water partition coefficient (Wildman–Crippen LogP) is 2.92. The van der Waals surface area contributed by atoms with Gasteiger partial charge in [0, 0.05) is 18.8 Å². The number of amides is 4. The Labute approximate surface area is 218 Å². The number of nitrogens with zero attached hydrogens (tertiary/aromatic N) is 2. The first-order chi connectivity index (χ1) is 17.8. The summed E-state index contributed by atoms with van der Waals surface area (Å²) in [5.74, 6) is -0.411. The van der Waals surface area contributed by atoms with E-state index in [-0.39, 0.29) is 24.0 Å². The van der Waals surface area contributed by atoms with Gasteiger partial charge in [0.25, 0.3) is 17.1 Å². The molecule has 0 aliphatic carbocycles. The highest BCUT2D eigenvalue weighted by molar-refractivity contribution is 8.18. The van der Waals surface area contributed by atoms with Gasteiger partial charge in [-0.25, -0.2) is 0 Å². The van der Waals surface area contributed by atoms with Crippen LogP contribution < -0.4 is 14.8 Å². The number of thioether (sulfide) groups is 1. The highest BCUT2D eigenvalue weighted by Gasteiger charge is 2.36. The molecule has 4 amide bonds. The number of rotatable bonds is 8. The smallest absolute Gasteiger partial charge is 0.294 e. The van der Waals surface area contributed by atoms with Gasteiger partial charge in [-0.3, -0.25) is 24.1 Å². The summed E-state index contributed by atoms with van der Waals surface area (Å²) in [7, 11) is 1.47. The first-order valence-corrected chi connectivity index (χ1v) is 12.4. The van der Waals surface area contributed by atoms with Gasteiger partial charge in [-0.2, -0.15) is 0 Å². The van der Waals surface area contributed by atoms with E-state index in [2.05, 4.69) is 5.32 Å². The summed E-state index contributed by atoms with van der Waals surface area (Å²) in [6.45, 7) is 3.44. The summed E-state index contributed by atoms with van der Waals surface area (Å²) in [5, 5.41) is 2.18. The second-order valence-electron chi connectivity index (χ2n) is 8.38.